The van der Waals surface area contributed by atoms with Crippen molar-refractivity contribution in [2.45, 2.75) is 32.7 Å². The third-order valence-electron chi connectivity index (χ3n) is 6.20. The van der Waals surface area contributed by atoms with Gasteiger partial charge in [0.25, 0.3) is 5.56 Å². The molecule has 1 aromatic heterocycles. The van der Waals surface area contributed by atoms with E-state index in [1.54, 1.807) is 19.9 Å². The predicted octanol–water partition coefficient (Wildman–Crippen LogP) is 4.56. The van der Waals surface area contributed by atoms with Gasteiger partial charge >= 0.3 is 0 Å². The first kappa shape index (κ1) is 22.8. The quantitative estimate of drug-likeness (QED) is 0.399. The van der Waals surface area contributed by atoms with Crippen LogP contribution < -0.4 is 10.9 Å². The number of phenolic OH excluding ortho intramolecular Hbond substituents is 1. The molecule has 0 aliphatic rings. The van der Waals surface area contributed by atoms with Gasteiger partial charge in [-0.3, -0.25) is 9.59 Å². The fourth-order valence-electron chi connectivity index (χ4n) is 4.45. The Balaban J connectivity index is 1.67. The largest absolute Gasteiger partial charge is 0.508 e. The zero-order chi connectivity index (χ0) is 24.2. The summed E-state index contributed by atoms with van der Waals surface area (Å²) in [4.78, 5) is 27.8. The standard InChI is InChI=1S/C28H25N3O3/c1-17-21(18(2)30-28(34)23(17)16-29)13-15-25(33)31-27(20-9-4-3-5-10-20)26-22-11-7-6-8-19(22)12-14-24(26)32/h3-12,14,27,32H,13,15H2,1-2H3,(H,30,34)(H,31,33). The number of fused-ring (bicyclic) bond motifs is 1. The molecule has 4 rings (SSSR count). The SMILES string of the molecule is Cc1[nH]c(=O)c(C#N)c(C)c1CCC(=O)NC(c1ccccc1)c1c(O)ccc2ccccc12. The van der Waals surface area contributed by atoms with Crippen LogP contribution in [0.5, 0.6) is 5.75 Å². The Morgan fingerprint density at radius 1 is 1.06 bits per heavy atom. The second kappa shape index (κ2) is 9.63. The fraction of sp³-hybridized carbons (Fsp3) is 0.179. The van der Waals surface area contributed by atoms with E-state index in [1.807, 2.05) is 66.7 Å². The lowest BCUT2D eigenvalue weighted by atomic mass is 9.92. The van der Waals surface area contributed by atoms with Gasteiger partial charge in [0.15, 0.2) is 0 Å². The number of nitriles is 1. The molecule has 3 N–H and O–H groups in total. The summed E-state index contributed by atoms with van der Waals surface area (Å²) in [5.74, 6) is -0.0940. The fourth-order valence-corrected chi connectivity index (χ4v) is 4.45. The molecule has 0 radical (unpaired) electrons. The number of rotatable bonds is 6. The first-order valence-corrected chi connectivity index (χ1v) is 11.1. The Bertz CT molecular complexity index is 1470. The van der Waals surface area contributed by atoms with Gasteiger partial charge in [-0.2, -0.15) is 5.26 Å². The van der Waals surface area contributed by atoms with Crippen LogP contribution in [-0.4, -0.2) is 16.0 Å². The zero-order valence-corrected chi connectivity index (χ0v) is 19.1. The molecule has 1 heterocycles. The number of hydrogen-bond acceptors (Lipinski definition) is 4. The minimum Gasteiger partial charge on any atom is -0.508 e. The summed E-state index contributed by atoms with van der Waals surface area (Å²) < 4.78 is 0. The van der Waals surface area contributed by atoms with Crippen molar-refractivity contribution < 1.29 is 9.90 Å². The van der Waals surface area contributed by atoms with E-state index in [0.717, 1.165) is 21.9 Å². The molecule has 3 aromatic carbocycles. The highest BCUT2D eigenvalue weighted by molar-refractivity contribution is 5.89. The highest BCUT2D eigenvalue weighted by Crippen LogP contribution is 2.35. The molecule has 0 spiro atoms. The number of pyridine rings is 1. The van der Waals surface area contributed by atoms with Crippen molar-refractivity contribution in [3.8, 4) is 11.8 Å². The normalized spacial score (nSPS) is 11.7. The molecule has 0 aliphatic heterocycles. The van der Waals surface area contributed by atoms with Crippen LogP contribution in [0.25, 0.3) is 10.8 Å². The number of H-pyrrole nitrogens is 1. The minimum atomic E-state index is -0.549. The van der Waals surface area contributed by atoms with Crippen LogP contribution in [0.15, 0.2) is 71.5 Å². The summed E-state index contributed by atoms with van der Waals surface area (Å²) in [6, 6.07) is 22.2. The van der Waals surface area contributed by atoms with E-state index < -0.39 is 11.6 Å². The number of amides is 1. The molecule has 1 atom stereocenters. The van der Waals surface area contributed by atoms with E-state index >= 15 is 0 Å². The first-order chi connectivity index (χ1) is 16.4. The molecule has 1 amide bonds. The average Bonchev–Trinajstić information content (AvgIpc) is 2.83. The molecule has 4 aromatic rings. The van der Waals surface area contributed by atoms with E-state index in [0.29, 0.717) is 23.2 Å². The molecule has 6 heteroatoms. The van der Waals surface area contributed by atoms with Crippen molar-refractivity contribution in [1.29, 1.82) is 5.26 Å². The van der Waals surface area contributed by atoms with Crippen molar-refractivity contribution in [3.63, 3.8) is 0 Å². The Morgan fingerprint density at radius 2 is 1.76 bits per heavy atom. The van der Waals surface area contributed by atoms with E-state index in [-0.39, 0.29) is 23.6 Å². The zero-order valence-electron chi connectivity index (χ0n) is 19.1. The molecular weight excluding hydrogens is 426 g/mol. The lowest BCUT2D eigenvalue weighted by Gasteiger charge is -2.23. The van der Waals surface area contributed by atoms with E-state index in [2.05, 4.69) is 10.3 Å². The average molecular weight is 452 g/mol. The van der Waals surface area contributed by atoms with Crippen molar-refractivity contribution in [3.05, 3.63) is 111 Å². The van der Waals surface area contributed by atoms with Gasteiger partial charge in [-0.1, -0.05) is 60.7 Å². The van der Waals surface area contributed by atoms with Gasteiger partial charge in [-0.05, 0) is 53.8 Å². The van der Waals surface area contributed by atoms with E-state index in [9.17, 15) is 20.0 Å². The van der Waals surface area contributed by atoms with Crippen LogP contribution in [0.1, 0.15) is 46.0 Å². The highest BCUT2D eigenvalue weighted by Gasteiger charge is 2.23. The smallest absolute Gasteiger partial charge is 0.266 e. The Labute approximate surface area is 197 Å². The molecule has 6 nitrogen and oxygen atoms in total. The lowest BCUT2D eigenvalue weighted by Crippen LogP contribution is -2.30. The van der Waals surface area contributed by atoms with Crippen molar-refractivity contribution in [2.75, 3.05) is 0 Å². The molecule has 0 fully saturated rings. The molecular formula is C28H25N3O3. The van der Waals surface area contributed by atoms with Crippen LogP contribution in [-0.2, 0) is 11.2 Å². The number of carbonyl (C=O) groups is 1. The molecule has 170 valence electrons. The lowest BCUT2D eigenvalue weighted by molar-refractivity contribution is -0.121. The highest BCUT2D eigenvalue weighted by atomic mass is 16.3. The van der Waals surface area contributed by atoms with Crippen LogP contribution >= 0.6 is 0 Å². The molecule has 0 saturated carbocycles. The van der Waals surface area contributed by atoms with Gasteiger partial charge in [-0.15, -0.1) is 0 Å². The number of nitrogens with one attached hydrogen (secondary N) is 2. The van der Waals surface area contributed by atoms with Gasteiger partial charge in [0.05, 0.1) is 6.04 Å². The topological polar surface area (TPSA) is 106 Å². The molecule has 0 bridgehead atoms. The van der Waals surface area contributed by atoms with Gasteiger partial charge in [0.1, 0.15) is 17.4 Å². The van der Waals surface area contributed by atoms with Gasteiger partial charge in [0.2, 0.25) is 5.91 Å². The molecule has 0 aliphatic carbocycles. The summed E-state index contributed by atoms with van der Waals surface area (Å²) in [6.45, 7) is 3.50. The van der Waals surface area contributed by atoms with Crippen molar-refractivity contribution in [1.82, 2.24) is 10.3 Å². The number of hydrogen-bond donors (Lipinski definition) is 3. The van der Waals surface area contributed by atoms with E-state index in [4.69, 9.17) is 0 Å². The third-order valence-corrected chi connectivity index (χ3v) is 6.20. The van der Waals surface area contributed by atoms with Gasteiger partial charge in [0, 0.05) is 17.7 Å². The predicted molar refractivity (Wildman–Crippen MR) is 132 cm³/mol. The molecule has 1 unspecified atom stereocenters. The Hall–Kier alpha value is -4.37. The number of phenols is 1. The van der Waals surface area contributed by atoms with Crippen LogP contribution in [0.4, 0.5) is 0 Å². The number of aromatic nitrogens is 1. The Kier molecular flexibility index (Phi) is 6.46. The molecule has 34 heavy (non-hydrogen) atoms. The summed E-state index contributed by atoms with van der Waals surface area (Å²) in [5.41, 5.74) is 3.19. The van der Waals surface area contributed by atoms with Gasteiger partial charge in [-0.25, -0.2) is 0 Å². The second-order valence-electron chi connectivity index (χ2n) is 8.30. The van der Waals surface area contributed by atoms with E-state index in [1.165, 1.54) is 0 Å². The summed E-state index contributed by atoms with van der Waals surface area (Å²) >= 11 is 0. The first-order valence-electron chi connectivity index (χ1n) is 11.1. The minimum absolute atomic E-state index is 0.0730. The maximum atomic E-state index is 13.1. The van der Waals surface area contributed by atoms with Crippen molar-refractivity contribution in [2.24, 2.45) is 0 Å². The summed E-state index contributed by atoms with van der Waals surface area (Å²) in [7, 11) is 0. The number of aromatic hydroxyl groups is 1. The number of aryl methyl sites for hydroxylation is 1. The number of nitrogens with zero attached hydrogens (tertiary/aromatic N) is 1. The number of carbonyl (C=O) groups excluding carboxylic acids is 1. The van der Waals surface area contributed by atoms with Crippen LogP contribution in [0.3, 0.4) is 0 Å². The van der Waals surface area contributed by atoms with Crippen molar-refractivity contribution >= 4 is 16.7 Å². The third kappa shape index (κ3) is 4.41. The molecule has 0 saturated heterocycles. The summed E-state index contributed by atoms with van der Waals surface area (Å²) in [6.07, 6.45) is 0.533. The Morgan fingerprint density at radius 3 is 2.50 bits per heavy atom. The maximum absolute atomic E-state index is 13.1. The van der Waals surface area contributed by atoms with Gasteiger partial charge < -0.3 is 15.4 Å². The summed E-state index contributed by atoms with van der Waals surface area (Å²) in [5, 5.41) is 25.0. The second-order valence-corrected chi connectivity index (χ2v) is 8.30. The monoisotopic (exact) mass is 451 g/mol. The number of aromatic amines is 1. The van der Waals surface area contributed by atoms with Crippen LogP contribution in [0.2, 0.25) is 0 Å². The number of benzene rings is 3. The van der Waals surface area contributed by atoms with Crippen LogP contribution in [0, 0.1) is 25.2 Å². The maximum Gasteiger partial charge on any atom is 0.266 e.